The minimum absolute atomic E-state index is 0.0262. The Hall–Kier alpha value is -9.14. The van der Waals surface area contributed by atoms with E-state index in [0.717, 1.165) is 60.5 Å². The monoisotopic (exact) mass is 1030 g/mol. The van der Waals surface area contributed by atoms with Crippen LogP contribution >= 0.6 is 0 Å². The number of benzene rings is 7. The van der Waals surface area contributed by atoms with Gasteiger partial charge in [0.15, 0.2) is 14.6 Å². The van der Waals surface area contributed by atoms with Crippen LogP contribution in [0.25, 0.3) is 60.9 Å². The second-order valence-electron chi connectivity index (χ2n) is 21.8. The van der Waals surface area contributed by atoms with E-state index in [1.807, 2.05) is 61.3 Å². The van der Waals surface area contributed by atoms with Gasteiger partial charge in [-0.1, -0.05) is 156 Å². The summed E-state index contributed by atoms with van der Waals surface area (Å²) in [5.74, 6) is 4.99. The van der Waals surface area contributed by atoms with Crippen molar-refractivity contribution in [2.24, 2.45) is 6.98 Å². The fourth-order valence-electron chi connectivity index (χ4n) is 10.9. The summed E-state index contributed by atoms with van der Waals surface area (Å²) in [5, 5.41) is 7.17. The average Bonchev–Trinajstić information content (AvgIpc) is 1.56. The van der Waals surface area contributed by atoms with Crippen LogP contribution in [0.5, 0.6) is 11.5 Å². The molecule has 3 aliphatic rings. The maximum atomic E-state index is 9.33. The molecule has 9 aromatic rings. The SMILES string of the molecule is [2H]c1c([2H])c([2H])c2c(c1[2H])c1ccc(Oc3cc(-c4c(C(C)(C)C)cccc4C(C)(C)C)cc(N4CN(c5c(/C6=C/C=C\N/C=C\C=C/[B]6)cccc5/C5=C/C=C\N/C=C\C=C/[B]5)c5ccccc54)c3)cc1n2-c1nc2ccccc2n1C([2H])([2H])[2H]. The number of anilines is 4. The van der Waals surface area contributed by atoms with Crippen molar-refractivity contribution in [2.75, 3.05) is 16.5 Å². The van der Waals surface area contributed by atoms with E-state index in [1.54, 1.807) is 47.0 Å². The van der Waals surface area contributed by atoms with Crippen LogP contribution in [0.15, 0.2) is 231 Å². The summed E-state index contributed by atoms with van der Waals surface area (Å²) in [7, 11) is 4.29. The van der Waals surface area contributed by atoms with E-state index in [0.29, 0.717) is 40.1 Å². The van der Waals surface area contributed by atoms with Gasteiger partial charge in [-0.25, -0.2) is 4.98 Å². The van der Waals surface area contributed by atoms with Gasteiger partial charge in [0.1, 0.15) is 18.2 Å². The van der Waals surface area contributed by atoms with Crippen LogP contribution in [0.4, 0.5) is 22.7 Å². The zero-order chi connectivity index (χ0) is 60.2. The molecule has 0 saturated heterocycles. The van der Waals surface area contributed by atoms with Crippen molar-refractivity contribution in [3.05, 3.63) is 253 Å². The Bertz CT molecular complexity index is 4350. The molecule has 0 saturated carbocycles. The topological polar surface area (TPSA) is 62.5 Å². The Morgan fingerprint density at radius 2 is 1.22 bits per heavy atom. The van der Waals surface area contributed by atoms with Gasteiger partial charge in [0.25, 0.3) is 0 Å². The molecule has 0 unspecified atom stereocenters. The summed E-state index contributed by atoms with van der Waals surface area (Å²) >= 11 is 0. The molecule has 0 fully saturated rings. The van der Waals surface area contributed by atoms with Crippen LogP contribution in [0.3, 0.4) is 0 Å². The number of aryl methyl sites for hydroxylation is 1. The third kappa shape index (κ3) is 9.84. The van der Waals surface area contributed by atoms with Crippen molar-refractivity contribution in [3.63, 3.8) is 0 Å². The fourth-order valence-corrected chi connectivity index (χ4v) is 10.9. The predicted molar refractivity (Wildman–Crippen MR) is 335 cm³/mol. The highest BCUT2D eigenvalue weighted by molar-refractivity contribution is 6.67. The lowest BCUT2D eigenvalue weighted by Crippen LogP contribution is -2.26. The summed E-state index contributed by atoms with van der Waals surface area (Å²) in [5.41, 5.74) is 13.0. The number of aromatic nitrogens is 3. The van der Waals surface area contributed by atoms with Gasteiger partial charge in [-0.3, -0.25) is 4.57 Å². The summed E-state index contributed by atoms with van der Waals surface area (Å²) < 4.78 is 72.5. The summed E-state index contributed by atoms with van der Waals surface area (Å²) in [6.45, 7) is 11.1. The number of para-hydroxylation sites is 6. The lowest BCUT2D eigenvalue weighted by Gasteiger charge is -2.31. The van der Waals surface area contributed by atoms with Gasteiger partial charge in [-0.2, -0.15) is 0 Å². The Morgan fingerprint density at radius 3 is 1.90 bits per heavy atom. The molecule has 0 bridgehead atoms. The second kappa shape index (κ2) is 21.0. The number of nitrogens with zero attached hydrogens (tertiary/aromatic N) is 5. The molecule has 0 spiro atoms. The normalized spacial score (nSPS) is 19.8. The number of allylic oxidation sites excluding steroid dienone is 8. The molecule has 0 atom stereocenters. The molecule has 0 aliphatic carbocycles. The predicted octanol–water partition coefficient (Wildman–Crippen LogP) is 16.4. The third-order valence-corrected chi connectivity index (χ3v) is 14.5. The van der Waals surface area contributed by atoms with Gasteiger partial charge >= 0.3 is 0 Å². The Morgan fingerprint density at radius 1 is 0.582 bits per heavy atom. The van der Waals surface area contributed by atoms with E-state index in [4.69, 9.17) is 16.6 Å². The molecule has 0 amide bonds. The number of hydrogen-bond acceptors (Lipinski definition) is 6. The highest BCUT2D eigenvalue weighted by atomic mass is 16.5. The first-order valence-electron chi connectivity index (χ1n) is 30.1. The minimum Gasteiger partial charge on any atom is -0.457 e. The Balaban J connectivity index is 1.08. The average molecular weight is 1030 g/mol. The molecule has 10 heteroatoms. The Labute approximate surface area is 475 Å². The molecule has 2 N–H and O–H groups in total. The molecular weight excluding hydrogens is 964 g/mol. The van der Waals surface area contributed by atoms with Crippen molar-refractivity contribution >= 4 is 81.1 Å². The molecule has 3 aliphatic heterocycles. The van der Waals surface area contributed by atoms with Crippen LogP contribution in [-0.2, 0) is 17.8 Å². The van der Waals surface area contributed by atoms with Crippen LogP contribution in [-0.4, -0.2) is 35.3 Å². The molecule has 79 heavy (non-hydrogen) atoms. The number of hydrogen-bond donors (Lipinski definition) is 2. The zero-order valence-corrected chi connectivity index (χ0v) is 45.1. The quantitative estimate of drug-likeness (QED) is 0.148. The first kappa shape index (κ1) is 42.9. The van der Waals surface area contributed by atoms with E-state index < -0.39 is 19.1 Å². The van der Waals surface area contributed by atoms with Crippen molar-refractivity contribution in [2.45, 2.75) is 52.4 Å². The largest absolute Gasteiger partial charge is 0.457 e. The van der Waals surface area contributed by atoms with E-state index in [1.165, 1.54) is 11.1 Å². The number of rotatable bonds is 8. The Kier molecular flexibility index (Phi) is 11.4. The maximum Gasteiger partial charge on any atom is 0.215 e. The fraction of sp³-hybridized carbons (Fsp3) is 0.145. The first-order valence-corrected chi connectivity index (χ1v) is 26.6. The van der Waals surface area contributed by atoms with Gasteiger partial charge in [-0.15, -0.1) is 12.0 Å². The lowest BCUT2D eigenvalue weighted by atomic mass is 9.63. The summed E-state index contributed by atoms with van der Waals surface area (Å²) in [6.07, 6.45) is 23.9. The molecule has 8 nitrogen and oxygen atoms in total. The van der Waals surface area contributed by atoms with Crippen LogP contribution in [0.2, 0.25) is 0 Å². The van der Waals surface area contributed by atoms with E-state index in [-0.39, 0.29) is 39.8 Å². The summed E-state index contributed by atoms with van der Waals surface area (Å²) in [4.78, 5) is 9.63. The molecule has 5 heterocycles. The smallest absolute Gasteiger partial charge is 0.215 e. The van der Waals surface area contributed by atoms with Gasteiger partial charge in [-0.05, 0) is 123 Å². The van der Waals surface area contributed by atoms with Crippen LogP contribution < -0.4 is 25.2 Å². The number of imidazole rings is 1. The van der Waals surface area contributed by atoms with Gasteiger partial charge < -0.3 is 29.7 Å². The van der Waals surface area contributed by atoms with E-state index in [9.17, 15) is 2.74 Å². The standard InChI is InChI=1S/C69H63B2N7O/c1-68(2,3)55-25-19-26-56(69(4,5)6)65(55)47-42-48(44-50(43-47)79-49-34-35-52-51-22-8-10-30-60(51)78(64(52)45-49)67-74-59-29-9-11-31-61(59)75(67)7)76-46-77(63-33-13-12-32-62(63)76)66-53(57-27-20-40-72-38-16-14-36-70-57)23-18-24-54(66)58-28-21-41-73-39-17-15-37-71-58/h8-45,72-73H,46H2,1-7H3/b36-14-,37-15-,38-16-,39-17-,40-20-,41-21-,57-27-,58-28-/i7D3,8D,10D,22D,30D. The summed E-state index contributed by atoms with van der Waals surface area (Å²) in [6, 6.07) is 38.9. The highest BCUT2D eigenvalue weighted by Crippen LogP contribution is 2.51. The molecule has 2 aromatic heterocycles. The van der Waals surface area contributed by atoms with Crippen molar-refractivity contribution in [3.8, 4) is 28.6 Å². The number of fused-ring (bicyclic) bond motifs is 5. The van der Waals surface area contributed by atoms with Crippen molar-refractivity contribution in [1.29, 1.82) is 0 Å². The highest BCUT2D eigenvalue weighted by Gasteiger charge is 2.34. The lowest BCUT2D eigenvalue weighted by molar-refractivity contribution is 0.483. The number of nitrogens with one attached hydrogen (secondary N) is 2. The third-order valence-electron chi connectivity index (χ3n) is 14.5. The first-order chi connectivity index (χ1) is 41.3. The van der Waals surface area contributed by atoms with E-state index in [2.05, 4.69) is 180 Å². The van der Waals surface area contributed by atoms with Crippen molar-refractivity contribution in [1.82, 2.24) is 24.8 Å². The minimum atomic E-state index is -2.73. The molecule has 386 valence electrons. The van der Waals surface area contributed by atoms with Crippen LogP contribution in [0, 0.1) is 0 Å². The van der Waals surface area contributed by atoms with Gasteiger partial charge in [0.2, 0.25) is 5.95 Å². The van der Waals surface area contributed by atoms with Crippen LogP contribution in [0.1, 0.15) is 73.4 Å². The van der Waals surface area contributed by atoms with Gasteiger partial charge in [0.05, 0.1) is 44.6 Å². The van der Waals surface area contributed by atoms with E-state index >= 15 is 0 Å². The zero-order valence-electron chi connectivity index (χ0n) is 52.1. The molecule has 12 rings (SSSR count). The number of ether oxygens (including phenoxy) is 1. The second-order valence-corrected chi connectivity index (χ2v) is 21.8. The molecule has 2 radical (unpaired) electrons. The molecular formula is C69H63B2N7O. The van der Waals surface area contributed by atoms with Gasteiger partial charge in [0, 0.05) is 64.5 Å². The molecule has 7 aromatic carbocycles. The maximum absolute atomic E-state index is 9.33. The van der Waals surface area contributed by atoms with Crippen molar-refractivity contribution < 1.29 is 14.3 Å².